The van der Waals surface area contributed by atoms with Gasteiger partial charge in [0.1, 0.15) is 36.2 Å². The zero-order valence-corrected chi connectivity index (χ0v) is 22.9. The molecule has 0 N–H and O–H groups in total. The van der Waals surface area contributed by atoms with Crippen molar-refractivity contribution in [2.75, 3.05) is 20.2 Å². The predicted molar refractivity (Wildman–Crippen MR) is 133 cm³/mol. The molecule has 0 radical (unpaired) electrons. The van der Waals surface area contributed by atoms with Gasteiger partial charge in [0.05, 0.1) is 5.60 Å². The number of likely N-dealkylation sites (N-methyl/N-ethyl adjacent to an activating group) is 1. The molecule has 3 saturated heterocycles. The van der Waals surface area contributed by atoms with Crippen molar-refractivity contribution in [3.05, 3.63) is 0 Å². The lowest BCUT2D eigenvalue weighted by molar-refractivity contribution is -0.187. The summed E-state index contributed by atoms with van der Waals surface area (Å²) in [6.07, 6.45) is 5.69. The average molecular weight is 504 g/mol. The molecule has 8 heteroatoms. The Balaban J connectivity index is 2.14. The summed E-state index contributed by atoms with van der Waals surface area (Å²) in [6.45, 7) is 12.9. The van der Waals surface area contributed by atoms with Crippen LogP contribution in [0.5, 0.6) is 0 Å². The molecule has 0 saturated carbocycles. The van der Waals surface area contributed by atoms with Crippen LogP contribution in [-0.4, -0.2) is 72.0 Å². The molecule has 8 nitrogen and oxygen atoms in total. The van der Waals surface area contributed by atoms with Gasteiger partial charge in [0.25, 0.3) is 0 Å². The lowest BCUT2D eigenvalue weighted by Crippen LogP contribution is -2.56. The summed E-state index contributed by atoms with van der Waals surface area (Å²) in [5, 5.41) is 0. The van der Waals surface area contributed by atoms with Crippen LogP contribution in [0.4, 0.5) is 0 Å². The van der Waals surface area contributed by atoms with Crippen LogP contribution in [0.2, 0.25) is 0 Å². The number of terminal acetylenes is 1. The van der Waals surface area contributed by atoms with E-state index in [9.17, 15) is 19.2 Å². The van der Waals surface area contributed by atoms with E-state index in [2.05, 4.69) is 5.92 Å². The summed E-state index contributed by atoms with van der Waals surface area (Å²) < 4.78 is 17.9. The minimum Gasteiger partial charge on any atom is -0.458 e. The minimum atomic E-state index is -1.22. The standard InChI is InChI=1S/C28H41NO7/c1-10-12-34-26(6)13-16(3)21(30)18(5)24(32)35-19(11-2)28(8)22-20(25(33)36-28)29(9)15-27(22,7)23(31)17(4)14-26/h1,16-20,22H,11-15H2,2-9H3/t16-,17-,18-,19+,20-,22?,26+,27-,28-/m1/s1. The maximum atomic E-state index is 14.2. The zero-order chi connectivity index (χ0) is 27.2. The van der Waals surface area contributed by atoms with Crippen molar-refractivity contribution >= 4 is 23.5 Å². The normalized spacial score (nSPS) is 44.4. The molecule has 0 aromatic heterocycles. The largest absolute Gasteiger partial charge is 0.458 e. The molecule has 0 aromatic rings. The third-order valence-corrected chi connectivity index (χ3v) is 8.76. The summed E-state index contributed by atoms with van der Waals surface area (Å²) in [6, 6.07) is -0.625. The molecule has 0 aromatic carbocycles. The second-order valence-corrected chi connectivity index (χ2v) is 11.8. The van der Waals surface area contributed by atoms with Gasteiger partial charge in [-0.2, -0.15) is 0 Å². The van der Waals surface area contributed by atoms with E-state index in [0.717, 1.165) is 0 Å². The Morgan fingerprint density at radius 1 is 1.06 bits per heavy atom. The number of cyclic esters (lactones) is 1. The van der Waals surface area contributed by atoms with Crippen LogP contribution in [-0.2, 0) is 33.4 Å². The first kappa shape index (κ1) is 28.3. The Bertz CT molecular complexity index is 971. The quantitative estimate of drug-likeness (QED) is 0.329. The van der Waals surface area contributed by atoms with Gasteiger partial charge in [0, 0.05) is 29.7 Å². The van der Waals surface area contributed by atoms with Crippen LogP contribution in [0.25, 0.3) is 0 Å². The maximum Gasteiger partial charge on any atom is 0.324 e. The molecule has 36 heavy (non-hydrogen) atoms. The smallest absolute Gasteiger partial charge is 0.324 e. The molecule has 0 aliphatic carbocycles. The highest BCUT2D eigenvalue weighted by Crippen LogP contribution is 2.55. The molecular weight excluding hydrogens is 462 g/mol. The van der Waals surface area contributed by atoms with E-state index < -0.39 is 64.4 Å². The number of nitrogens with zero attached hydrogens (tertiary/aromatic N) is 1. The fourth-order valence-electron chi connectivity index (χ4n) is 7.28. The fourth-order valence-corrected chi connectivity index (χ4v) is 7.28. The van der Waals surface area contributed by atoms with E-state index in [0.29, 0.717) is 25.8 Å². The molecule has 0 amide bonds. The van der Waals surface area contributed by atoms with Crippen molar-refractivity contribution in [2.45, 2.75) is 91.1 Å². The zero-order valence-electron chi connectivity index (χ0n) is 22.9. The lowest BCUT2D eigenvalue weighted by Gasteiger charge is -2.43. The third kappa shape index (κ3) is 4.61. The van der Waals surface area contributed by atoms with Crippen molar-refractivity contribution in [2.24, 2.45) is 29.1 Å². The van der Waals surface area contributed by atoms with Crippen molar-refractivity contribution in [1.82, 2.24) is 4.90 Å². The number of ketones is 2. The number of Topliss-reactive ketones (excluding diaryl/α,β-unsaturated/α-hetero) is 2. The summed E-state index contributed by atoms with van der Waals surface area (Å²) in [4.78, 5) is 55.6. The number of ether oxygens (including phenoxy) is 3. The first-order chi connectivity index (χ1) is 16.6. The first-order valence-electron chi connectivity index (χ1n) is 12.9. The number of hydrogen-bond acceptors (Lipinski definition) is 8. The molecule has 3 aliphatic heterocycles. The Hall–Kier alpha value is -2.24. The maximum absolute atomic E-state index is 14.2. The van der Waals surface area contributed by atoms with Crippen LogP contribution in [0, 0.1) is 41.4 Å². The van der Waals surface area contributed by atoms with Gasteiger partial charge in [-0.3, -0.25) is 24.1 Å². The Morgan fingerprint density at radius 3 is 2.25 bits per heavy atom. The average Bonchev–Trinajstić information content (AvgIpc) is 3.26. The van der Waals surface area contributed by atoms with Crippen LogP contribution in [0.3, 0.4) is 0 Å². The van der Waals surface area contributed by atoms with E-state index in [4.69, 9.17) is 20.6 Å². The number of esters is 2. The highest BCUT2D eigenvalue weighted by Gasteiger charge is 2.70. The van der Waals surface area contributed by atoms with Crippen LogP contribution in [0.15, 0.2) is 0 Å². The van der Waals surface area contributed by atoms with E-state index in [1.165, 1.54) is 0 Å². The molecular formula is C28H41NO7. The highest BCUT2D eigenvalue weighted by atomic mass is 16.6. The minimum absolute atomic E-state index is 0.00695. The second kappa shape index (κ2) is 9.90. The summed E-state index contributed by atoms with van der Waals surface area (Å²) in [5.74, 6) is -1.36. The Morgan fingerprint density at radius 2 is 1.67 bits per heavy atom. The summed E-state index contributed by atoms with van der Waals surface area (Å²) >= 11 is 0. The topological polar surface area (TPSA) is 99.2 Å². The molecule has 0 spiro atoms. The molecule has 1 unspecified atom stereocenters. The van der Waals surface area contributed by atoms with Gasteiger partial charge < -0.3 is 14.2 Å². The number of carbonyl (C=O) groups excluding carboxylic acids is 4. The molecule has 3 fully saturated rings. The van der Waals surface area contributed by atoms with Crippen molar-refractivity contribution < 1.29 is 33.4 Å². The van der Waals surface area contributed by atoms with Crippen LogP contribution >= 0.6 is 0 Å². The number of hydrogen-bond donors (Lipinski definition) is 0. The fraction of sp³-hybridized carbons (Fsp3) is 0.786. The first-order valence-corrected chi connectivity index (χ1v) is 12.9. The number of likely N-dealkylation sites (tertiary alicyclic amines) is 1. The highest BCUT2D eigenvalue weighted by molar-refractivity contribution is 5.99. The molecule has 3 heterocycles. The number of carbonyl (C=O) groups is 4. The summed E-state index contributed by atoms with van der Waals surface area (Å²) in [7, 11) is 1.82. The Kier molecular flexibility index (Phi) is 7.80. The van der Waals surface area contributed by atoms with Crippen LogP contribution in [0.1, 0.15) is 67.7 Å². The van der Waals surface area contributed by atoms with E-state index in [1.807, 2.05) is 39.6 Å². The van der Waals surface area contributed by atoms with Gasteiger partial charge in [-0.05, 0) is 47.1 Å². The van der Waals surface area contributed by atoms with E-state index in [-0.39, 0.29) is 18.2 Å². The van der Waals surface area contributed by atoms with E-state index >= 15 is 0 Å². The van der Waals surface area contributed by atoms with Crippen molar-refractivity contribution in [3.63, 3.8) is 0 Å². The van der Waals surface area contributed by atoms with Gasteiger partial charge >= 0.3 is 11.9 Å². The number of rotatable bonds is 3. The third-order valence-electron chi connectivity index (χ3n) is 8.76. The van der Waals surface area contributed by atoms with Gasteiger partial charge in [0.2, 0.25) is 0 Å². The van der Waals surface area contributed by atoms with E-state index in [1.54, 1.807) is 20.8 Å². The molecule has 0 bridgehead atoms. The molecule has 9 atom stereocenters. The predicted octanol–water partition coefficient (Wildman–Crippen LogP) is 2.81. The van der Waals surface area contributed by atoms with Gasteiger partial charge in [0.15, 0.2) is 5.60 Å². The van der Waals surface area contributed by atoms with Crippen molar-refractivity contribution in [1.29, 1.82) is 0 Å². The van der Waals surface area contributed by atoms with Gasteiger partial charge in [-0.25, -0.2) is 0 Å². The monoisotopic (exact) mass is 503 g/mol. The SMILES string of the molecule is C#CCO[C@@]1(C)C[C@@H](C)C(=O)[C@@H](C)C(=O)O[C@@H](CC)[C@@]2(C)OC(=O)[C@H]3C2[C@@](C)(CN3C)C(=O)[C@H](C)C1. The Labute approximate surface area is 214 Å². The van der Waals surface area contributed by atoms with Gasteiger partial charge in [-0.1, -0.05) is 33.6 Å². The summed E-state index contributed by atoms with van der Waals surface area (Å²) in [5.41, 5.74) is -3.01. The molecule has 3 rings (SSSR count). The van der Waals surface area contributed by atoms with Crippen molar-refractivity contribution in [3.8, 4) is 12.3 Å². The second-order valence-electron chi connectivity index (χ2n) is 11.8. The molecule has 200 valence electrons. The molecule has 3 aliphatic rings. The van der Waals surface area contributed by atoms with Crippen LogP contribution < -0.4 is 0 Å². The lowest BCUT2D eigenvalue weighted by atomic mass is 9.62. The van der Waals surface area contributed by atoms with Gasteiger partial charge in [-0.15, -0.1) is 6.42 Å².